The number of nitrogens with zero attached hydrogens (tertiary/aromatic N) is 6. The Balaban J connectivity index is 2.19. The first-order valence-corrected chi connectivity index (χ1v) is 5.64. The molecule has 0 unspecified atom stereocenters. The van der Waals surface area contributed by atoms with E-state index in [0.717, 1.165) is 11.4 Å². The van der Waals surface area contributed by atoms with Gasteiger partial charge in [0.2, 0.25) is 0 Å². The van der Waals surface area contributed by atoms with Gasteiger partial charge in [-0.05, 0) is 24.3 Å². The minimum Gasteiger partial charge on any atom is -0.378 e. The molecular formula is C12H17N6+. The van der Waals surface area contributed by atoms with Gasteiger partial charge in [0.1, 0.15) is 5.69 Å². The zero-order valence-corrected chi connectivity index (χ0v) is 11.1. The maximum atomic E-state index is 4.20. The molecule has 0 saturated carbocycles. The summed E-state index contributed by atoms with van der Waals surface area (Å²) < 4.78 is 3.50. The Morgan fingerprint density at radius 1 is 1.17 bits per heavy atom. The Morgan fingerprint density at radius 3 is 2.33 bits per heavy atom. The van der Waals surface area contributed by atoms with Crippen molar-refractivity contribution < 1.29 is 4.68 Å². The minimum absolute atomic E-state index is 0.701. The topological polar surface area (TPSA) is 49.7 Å². The molecular weight excluding hydrogens is 228 g/mol. The molecule has 0 radical (unpaired) electrons. The number of benzene rings is 1. The third-order valence-electron chi connectivity index (χ3n) is 2.62. The monoisotopic (exact) mass is 245 g/mol. The highest BCUT2D eigenvalue weighted by Crippen LogP contribution is 2.19. The van der Waals surface area contributed by atoms with Gasteiger partial charge in [-0.15, -0.1) is 4.68 Å². The lowest BCUT2D eigenvalue weighted by atomic mass is 10.3. The predicted octanol–water partition coefficient (Wildman–Crippen LogP) is 1.73. The van der Waals surface area contributed by atoms with Crippen molar-refractivity contribution in [1.82, 2.24) is 9.67 Å². The highest BCUT2D eigenvalue weighted by atomic mass is 15.4. The van der Waals surface area contributed by atoms with Gasteiger partial charge < -0.3 is 4.90 Å². The molecule has 2 aromatic rings. The van der Waals surface area contributed by atoms with Crippen molar-refractivity contribution in [3.8, 4) is 0 Å². The van der Waals surface area contributed by atoms with E-state index in [2.05, 4.69) is 15.3 Å². The summed E-state index contributed by atoms with van der Waals surface area (Å²) >= 11 is 0. The zero-order valence-electron chi connectivity index (χ0n) is 11.1. The molecule has 6 heteroatoms. The molecule has 0 aliphatic heterocycles. The standard InChI is InChI=1S/C12H17N6/c1-16(2)11-7-5-10(6-8-11)14-15-12-17(3)9-13-18(12)4/h5-9H,1-4H3/q+1. The fourth-order valence-electron chi connectivity index (χ4n) is 1.54. The first kappa shape index (κ1) is 12.2. The Morgan fingerprint density at radius 2 is 1.83 bits per heavy atom. The van der Waals surface area contributed by atoms with Crippen molar-refractivity contribution >= 4 is 17.3 Å². The molecule has 0 saturated heterocycles. The Hall–Kier alpha value is -2.24. The molecule has 18 heavy (non-hydrogen) atoms. The van der Waals surface area contributed by atoms with Crippen LogP contribution >= 0.6 is 0 Å². The summed E-state index contributed by atoms with van der Waals surface area (Å²) in [5.41, 5.74) is 1.96. The van der Waals surface area contributed by atoms with E-state index in [-0.39, 0.29) is 0 Å². The smallest absolute Gasteiger partial charge is 0.378 e. The second kappa shape index (κ2) is 4.95. The molecule has 1 aromatic heterocycles. The van der Waals surface area contributed by atoms with Gasteiger partial charge in [-0.2, -0.15) is 0 Å². The molecule has 0 N–H and O–H groups in total. The maximum Gasteiger partial charge on any atom is 0.441 e. The lowest BCUT2D eigenvalue weighted by molar-refractivity contribution is -0.716. The number of azo groups is 1. The molecule has 94 valence electrons. The summed E-state index contributed by atoms with van der Waals surface area (Å²) in [5, 5.41) is 12.5. The summed E-state index contributed by atoms with van der Waals surface area (Å²) in [7, 11) is 7.73. The van der Waals surface area contributed by atoms with Crippen LogP contribution in [0.3, 0.4) is 0 Å². The normalized spacial score (nSPS) is 11.1. The van der Waals surface area contributed by atoms with E-state index in [1.807, 2.05) is 61.9 Å². The molecule has 0 fully saturated rings. The second-order valence-corrected chi connectivity index (χ2v) is 4.28. The van der Waals surface area contributed by atoms with Crippen LogP contribution in [-0.4, -0.2) is 23.8 Å². The van der Waals surface area contributed by atoms with Crippen molar-refractivity contribution in [3.63, 3.8) is 0 Å². The third kappa shape index (κ3) is 2.53. The molecule has 0 spiro atoms. The Labute approximate surface area is 106 Å². The van der Waals surface area contributed by atoms with Crippen molar-refractivity contribution in [1.29, 1.82) is 0 Å². The molecule has 0 amide bonds. The summed E-state index contributed by atoms with van der Waals surface area (Å²) in [5.74, 6) is 0.701. The first-order chi connectivity index (χ1) is 8.58. The summed E-state index contributed by atoms with van der Waals surface area (Å²) in [6, 6.07) is 7.90. The van der Waals surface area contributed by atoms with Gasteiger partial charge in [0.05, 0.1) is 14.1 Å². The van der Waals surface area contributed by atoms with Crippen molar-refractivity contribution in [2.45, 2.75) is 0 Å². The van der Waals surface area contributed by atoms with Crippen LogP contribution in [0, 0.1) is 0 Å². The number of hydrogen-bond donors (Lipinski definition) is 0. The summed E-state index contributed by atoms with van der Waals surface area (Å²) in [6.07, 6.45) is 1.70. The number of hydrogen-bond acceptors (Lipinski definition) is 4. The van der Waals surface area contributed by atoms with Gasteiger partial charge >= 0.3 is 5.95 Å². The van der Waals surface area contributed by atoms with Crippen molar-refractivity contribution in [3.05, 3.63) is 30.6 Å². The fraction of sp³-hybridized carbons (Fsp3) is 0.333. The maximum absolute atomic E-state index is 4.20. The number of aryl methyl sites for hydroxylation is 2. The molecule has 1 heterocycles. The van der Waals surface area contributed by atoms with E-state index in [4.69, 9.17) is 0 Å². The number of rotatable bonds is 3. The Kier molecular flexibility index (Phi) is 3.36. The van der Waals surface area contributed by atoms with Crippen LogP contribution in [0.2, 0.25) is 0 Å². The SMILES string of the molecule is CN(C)c1ccc(/N=N/c2n(C)cn[n+]2C)cc1. The van der Waals surface area contributed by atoms with E-state index < -0.39 is 0 Å². The molecule has 1 aromatic carbocycles. The average Bonchev–Trinajstić information content (AvgIpc) is 2.67. The van der Waals surface area contributed by atoms with Crippen LogP contribution in [-0.2, 0) is 14.1 Å². The molecule has 0 aliphatic rings. The fourth-order valence-corrected chi connectivity index (χ4v) is 1.54. The second-order valence-electron chi connectivity index (χ2n) is 4.28. The van der Waals surface area contributed by atoms with E-state index in [9.17, 15) is 0 Å². The zero-order chi connectivity index (χ0) is 13.1. The molecule has 0 bridgehead atoms. The van der Waals surface area contributed by atoms with E-state index in [1.54, 1.807) is 11.0 Å². The molecule has 6 nitrogen and oxygen atoms in total. The minimum atomic E-state index is 0.701. The molecule has 0 aliphatic carbocycles. The predicted molar refractivity (Wildman–Crippen MR) is 69.3 cm³/mol. The van der Waals surface area contributed by atoms with Gasteiger partial charge in [-0.25, -0.2) is 4.57 Å². The average molecular weight is 245 g/mol. The highest BCUT2D eigenvalue weighted by molar-refractivity contribution is 5.51. The molecule has 2 rings (SSSR count). The van der Waals surface area contributed by atoms with E-state index >= 15 is 0 Å². The van der Waals surface area contributed by atoms with Crippen LogP contribution in [0.4, 0.5) is 17.3 Å². The Bertz CT molecular complexity index is 533. The van der Waals surface area contributed by atoms with Crippen molar-refractivity contribution in [2.24, 2.45) is 24.3 Å². The summed E-state index contributed by atoms with van der Waals surface area (Å²) in [4.78, 5) is 2.04. The van der Waals surface area contributed by atoms with E-state index in [0.29, 0.717) is 5.95 Å². The first-order valence-electron chi connectivity index (χ1n) is 5.64. The van der Waals surface area contributed by atoms with Gasteiger partial charge in [0, 0.05) is 24.9 Å². The quantitative estimate of drug-likeness (QED) is 0.610. The number of aromatic nitrogens is 3. The number of anilines is 1. The van der Waals surface area contributed by atoms with Gasteiger partial charge in [-0.3, -0.25) is 0 Å². The van der Waals surface area contributed by atoms with Crippen LogP contribution in [0.15, 0.2) is 40.8 Å². The molecule has 0 atom stereocenters. The largest absolute Gasteiger partial charge is 0.441 e. The third-order valence-corrected chi connectivity index (χ3v) is 2.62. The van der Waals surface area contributed by atoms with Gasteiger partial charge in [0.25, 0.3) is 0 Å². The van der Waals surface area contributed by atoms with Crippen LogP contribution in [0.5, 0.6) is 0 Å². The van der Waals surface area contributed by atoms with Gasteiger partial charge in [-0.1, -0.05) is 10.2 Å². The van der Waals surface area contributed by atoms with Crippen LogP contribution < -0.4 is 9.58 Å². The highest BCUT2D eigenvalue weighted by Gasteiger charge is 2.11. The van der Waals surface area contributed by atoms with Gasteiger partial charge in [0.15, 0.2) is 6.33 Å². The van der Waals surface area contributed by atoms with Crippen LogP contribution in [0.25, 0.3) is 0 Å². The van der Waals surface area contributed by atoms with Crippen molar-refractivity contribution in [2.75, 3.05) is 19.0 Å². The lowest BCUT2D eigenvalue weighted by Crippen LogP contribution is -2.29. The lowest BCUT2D eigenvalue weighted by Gasteiger charge is -2.11. The summed E-state index contributed by atoms with van der Waals surface area (Å²) in [6.45, 7) is 0. The van der Waals surface area contributed by atoms with E-state index in [1.165, 1.54) is 0 Å². The van der Waals surface area contributed by atoms with Crippen LogP contribution in [0.1, 0.15) is 0 Å².